The zero-order valence-corrected chi connectivity index (χ0v) is 17.7. The minimum absolute atomic E-state index is 0.240. The highest BCUT2D eigenvalue weighted by Crippen LogP contribution is 2.27. The molecule has 0 spiro atoms. The van der Waals surface area contributed by atoms with E-state index < -0.39 is 6.04 Å². The molecule has 29 heavy (non-hydrogen) atoms. The highest BCUT2D eigenvalue weighted by atomic mass is 32.1. The molecule has 2 aromatic heterocycles. The van der Waals surface area contributed by atoms with E-state index in [0.29, 0.717) is 16.4 Å². The van der Waals surface area contributed by atoms with Gasteiger partial charge in [-0.2, -0.15) is 0 Å². The minimum Gasteiger partial charge on any atom is -0.339 e. The molecule has 0 aliphatic carbocycles. The number of benzene rings is 1. The first-order valence-electron chi connectivity index (χ1n) is 9.45. The van der Waals surface area contributed by atoms with Crippen molar-refractivity contribution in [3.05, 3.63) is 68.9 Å². The number of carbonyl (C=O) groups excluding carboxylic acids is 2. The van der Waals surface area contributed by atoms with Gasteiger partial charge < -0.3 is 15.5 Å². The summed E-state index contributed by atoms with van der Waals surface area (Å²) in [5.41, 5.74) is 2.05. The Labute approximate surface area is 177 Å². The van der Waals surface area contributed by atoms with E-state index >= 15 is 0 Å². The van der Waals surface area contributed by atoms with Crippen LogP contribution >= 0.6 is 22.7 Å². The topological polar surface area (TPSA) is 74.3 Å². The quantitative estimate of drug-likeness (QED) is 0.635. The molecule has 1 aliphatic rings. The standard InChI is InChI=1S/C21H22N4O2S2/c1-25-10-9-15-18(13-25)29-21(23-15)24-19(26)16(12-14-6-3-2-4-7-14)22-20(27)17-8-5-11-28-17/h2-8,11,16H,9-10,12-13H2,1H3,(H,22,27)(H,23,24,26)/t16-/m0/s1. The normalized spacial score (nSPS) is 14.8. The molecule has 1 aliphatic heterocycles. The summed E-state index contributed by atoms with van der Waals surface area (Å²) in [6, 6.07) is 12.6. The zero-order valence-electron chi connectivity index (χ0n) is 16.1. The van der Waals surface area contributed by atoms with E-state index in [1.807, 2.05) is 41.8 Å². The van der Waals surface area contributed by atoms with Gasteiger partial charge in [0.15, 0.2) is 5.13 Å². The Balaban J connectivity index is 1.50. The van der Waals surface area contributed by atoms with Crippen molar-refractivity contribution in [1.29, 1.82) is 0 Å². The number of nitrogens with one attached hydrogen (secondary N) is 2. The second kappa shape index (κ2) is 8.86. The fraction of sp³-hybridized carbons (Fsp3) is 0.286. The molecule has 3 heterocycles. The summed E-state index contributed by atoms with van der Waals surface area (Å²) < 4.78 is 0. The predicted molar refractivity (Wildman–Crippen MR) is 117 cm³/mol. The van der Waals surface area contributed by atoms with Gasteiger partial charge in [0, 0.05) is 30.8 Å². The first kappa shape index (κ1) is 19.8. The maximum Gasteiger partial charge on any atom is 0.262 e. The lowest BCUT2D eigenvalue weighted by atomic mass is 10.1. The van der Waals surface area contributed by atoms with Gasteiger partial charge in [-0.15, -0.1) is 22.7 Å². The zero-order chi connectivity index (χ0) is 20.2. The SMILES string of the molecule is CN1CCc2nc(NC(=O)[C@H](Cc3ccccc3)NC(=O)c3cccs3)sc2C1. The lowest BCUT2D eigenvalue weighted by molar-refractivity contribution is -0.118. The third-order valence-electron chi connectivity index (χ3n) is 4.80. The molecule has 2 amide bonds. The lowest BCUT2D eigenvalue weighted by Crippen LogP contribution is -2.45. The number of likely N-dealkylation sites (N-methyl/N-ethyl adjacent to an activating group) is 1. The minimum atomic E-state index is -0.685. The smallest absolute Gasteiger partial charge is 0.262 e. The van der Waals surface area contributed by atoms with Crippen LogP contribution in [0.3, 0.4) is 0 Å². The summed E-state index contributed by atoms with van der Waals surface area (Å²) >= 11 is 2.87. The molecular weight excluding hydrogens is 404 g/mol. The summed E-state index contributed by atoms with van der Waals surface area (Å²) in [5, 5.41) is 8.25. The Kier molecular flexibility index (Phi) is 6.03. The van der Waals surface area contributed by atoms with E-state index in [9.17, 15) is 9.59 Å². The fourth-order valence-electron chi connectivity index (χ4n) is 3.27. The van der Waals surface area contributed by atoms with Crippen LogP contribution in [0.1, 0.15) is 25.8 Å². The van der Waals surface area contributed by atoms with Crippen molar-refractivity contribution >= 4 is 39.6 Å². The van der Waals surface area contributed by atoms with Crippen LogP contribution in [-0.4, -0.2) is 41.3 Å². The molecule has 0 saturated heterocycles. The number of thiazole rings is 1. The Morgan fingerprint density at radius 2 is 2.03 bits per heavy atom. The monoisotopic (exact) mass is 426 g/mol. The molecule has 2 N–H and O–H groups in total. The highest BCUT2D eigenvalue weighted by Gasteiger charge is 2.25. The number of hydrogen-bond donors (Lipinski definition) is 2. The Hall–Kier alpha value is -2.55. The van der Waals surface area contributed by atoms with Crippen LogP contribution in [0.4, 0.5) is 5.13 Å². The summed E-state index contributed by atoms with van der Waals surface area (Å²) in [5.74, 6) is -0.491. The van der Waals surface area contributed by atoms with Gasteiger partial charge in [0.25, 0.3) is 5.91 Å². The summed E-state index contributed by atoms with van der Waals surface area (Å²) in [4.78, 5) is 34.2. The number of aromatic nitrogens is 1. The maximum atomic E-state index is 13.0. The number of rotatable bonds is 6. The average Bonchev–Trinajstić information content (AvgIpc) is 3.37. The third-order valence-corrected chi connectivity index (χ3v) is 6.67. The molecule has 0 unspecified atom stereocenters. The van der Waals surface area contributed by atoms with E-state index in [-0.39, 0.29) is 11.8 Å². The van der Waals surface area contributed by atoms with Crippen molar-refractivity contribution < 1.29 is 9.59 Å². The van der Waals surface area contributed by atoms with Crippen LogP contribution in [0.2, 0.25) is 0 Å². The van der Waals surface area contributed by atoms with E-state index in [0.717, 1.165) is 30.8 Å². The number of carbonyl (C=O) groups is 2. The Morgan fingerprint density at radius 1 is 1.21 bits per heavy atom. The molecule has 6 nitrogen and oxygen atoms in total. The van der Waals surface area contributed by atoms with Gasteiger partial charge >= 0.3 is 0 Å². The first-order valence-corrected chi connectivity index (χ1v) is 11.1. The van der Waals surface area contributed by atoms with Gasteiger partial charge in [0.05, 0.1) is 10.6 Å². The van der Waals surface area contributed by atoms with Gasteiger partial charge in [0.1, 0.15) is 6.04 Å². The molecule has 3 aromatic rings. The maximum absolute atomic E-state index is 13.0. The van der Waals surface area contributed by atoms with Crippen molar-refractivity contribution in [1.82, 2.24) is 15.2 Å². The summed E-state index contributed by atoms with van der Waals surface area (Å²) in [7, 11) is 2.08. The number of fused-ring (bicyclic) bond motifs is 1. The van der Waals surface area contributed by atoms with Gasteiger partial charge in [-0.1, -0.05) is 36.4 Å². The fourth-order valence-corrected chi connectivity index (χ4v) is 4.98. The molecule has 4 rings (SSSR count). The Bertz CT molecular complexity index is 986. The molecule has 0 bridgehead atoms. The van der Waals surface area contributed by atoms with E-state index in [1.54, 1.807) is 6.07 Å². The van der Waals surface area contributed by atoms with Crippen molar-refractivity contribution in [2.24, 2.45) is 0 Å². The molecular formula is C21H22N4O2S2. The van der Waals surface area contributed by atoms with Crippen molar-refractivity contribution in [3.8, 4) is 0 Å². The molecule has 8 heteroatoms. The number of anilines is 1. The second-order valence-electron chi connectivity index (χ2n) is 7.06. The number of thiophene rings is 1. The van der Waals surface area contributed by atoms with E-state index in [4.69, 9.17) is 0 Å². The lowest BCUT2D eigenvalue weighted by Gasteiger charge is -2.20. The van der Waals surface area contributed by atoms with E-state index in [2.05, 4.69) is 27.6 Å². The van der Waals surface area contributed by atoms with Gasteiger partial charge in [-0.25, -0.2) is 4.98 Å². The van der Waals surface area contributed by atoms with Gasteiger partial charge in [-0.05, 0) is 24.1 Å². The molecule has 0 fully saturated rings. The molecule has 0 saturated carbocycles. The first-order chi connectivity index (χ1) is 14.1. The second-order valence-corrected chi connectivity index (χ2v) is 9.09. The van der Waals surface area contributed by atoms with Crippen molar-refractivity contribution in [2.45, 2.75) is 25.4 Å². The molecule has 1 aromatic carbocycles. The molecule has 0 radical (unpaired) electrons. The third kappa shape index (κ3) is 4.90. The average molecular weight is 427 g/mol. The highest BCUT2D eigenvalue weighted by molar-refractivity contribution is 7.15. The van der Waals surface area contributed by atoms with Crippen LogP contribution in [0.25, 0.3) is 0 Å². The molecule has 150 valence electrons. The van der Waals surface area contributed by atoms with Crippen molar-refractivity contribution in [2.75, 3.05) is 18.9 Å². The summed E-state index contributed by atoms with van der Waals surface area (Å²) in [6.07, 6.45) is 1.30. The predicted octanol–water partition coefficient (Wildman–Crippen LogP) is 3.17. The van der Waals surface area contributed by atoms with Crippen LogP contribution in [0, 0.1) is 0 Å². The number of amides is 2. The van der Waals surface area contributed by atoms with Crippen LogP contribution in [0.5, 0.6) is 0 Å². The number of hydrogen-bond acceptors (Lipinski definition) is 6. The Morgan fingerprint density at radius 3 is 2.79 bits per heavy atom. The van der Waals surface area contributed by atoms with Crippen LogP contribution < -0.4 is 10.6 Å². The van der Waals surface area contributed by atoms with E-state index in [1.165, 1.54) is 27.6 Å². The van der Waals surface area contributed by atoms with Gasteiger partial charge in [0.2, 0.25) is 5.91 Å². The van der Waals surface area contributed by atoms with Crippen LogP contribution in [-0.2, 0) is 24.2 Å². The van der Waals surface area contributed by atoms with Crippen molar-refractivity contribution in [3.63, 3.8) is 0 Å². The largest absolute Gasteiger partial charge is 0.339 e. The van der Waals surface area contributed by atoms with Crippen LogP contribution in [0.15, 0.2) is 47.8 Å². The molecule has 1 atom stereocenters. The number of nitrogens with zero attached hydrogens (tertiary/aromatic N) is 2. The summed E-state index contributed by atoms with van der Waals surface area (Å²) in [6.45, 7) is 1.82. The van der Waals surface area contributed by atoms with Gasteiger partial charge in [-0.3, -0.25) is 9.59 Å².